The Morgan fingerprint density at radius 1 is 1.20 bits per heavy atom. The van der Waals surface area contributed by atoms with Gasteiger partial charge in [0.05, 0.1) is 6.61 Å². The third-order valence-electron chi connectivity index (χ3n) is 5.23. The molecule has 1 aliphatic rings. The molecule has 0 aliphatic carbocycles. The number of benzene rings is 1. The number of carbonyl (C=O) groups is 2. The fraction of sp³-hybridized carbons (Fsp3) is 0.600. The van der Waals surface area contributed by atoms with E-state index in [-0.39, 0.29) is 25.0 Å². The van der Waals surface area contributed by atoms with E-state index in [2.05, 4.69) is 38.1 Å². The molecule has 1 heterocycles. The molecule has 5 heteroatoms. The lowest BCUT2D eigenvalue weighted by Crippen LogP contribution is -2.40. The summed E-state index contributed by atoms with van der Waals surface area (Å²) in [5.41, 5.74) is 1.46. The standard InChI is InChI=1S/C20H29NO4/c1-14(2)16-5-7-17(8-6-16)15(3)11-18(22)21-10-9-20(12-21,13-25-4)19(23)24/h5-8,14-15H,9-13H2,1-4H3,(H,23,24). The molecule has 1 amide bonds. The molecule has 0 bridgehead atoms. The highest BCUT2D eigenvalue weighted by molar-refractivity contribution is 5.81. The lowest BCUT2D eigenvalue weighted by Gasteiger charge is -2.24. The van der Waals surface area contributed by atoms with Crippen molar-refractivity contribution in [3.05, 3.63) is 35.4 Å². The third-order valence-corrected chi connectivity index (χ3v) is 5.23. The van der Waals surface area contributed by atoms with Crippen molar-refractivity contribution < 1.29 is 19.4 Å². The number of aliphatic carboxylic acids is 1. The Hall–Kier alpha value is -1.88. The van der Waals surface area contributed by atoms with Crippen molar-refractivity contribution in [1.82, 2.24) is 4.90 Å². The molecule has 0 spiro atoms. The predicted molar refractivity (Wildman–Crippen MR) is 96.7 cm³/mol. The van der Waals surface area contributed by atoms with Gasteiger partial charge in [0.25, 0.3) is 0 Å². The van der Waals surface area contributed by atoms with E-state index in [0.29, 0.717) is 25.3 Å². The zero-order valence-corrected chi connectivity index (χ0v) is 15.6. The molecule has 1 aliphatic heterocycles. The highest BCUT2D eigenvalue weighted by Crippen LogP contribution is 2.32. The lowest BCUT2D eigenvalue weighted by atomic mass is 9.88. The number of amides is 1. The van der Waals surface area contributed by atoms with Crippen molar-refractivity contribution in [2.45, 2.75) is 45.4 Å². The van der Waals surface area contributed by atoms with Gasteiger partial charge in [-0.3, -0.25) is 9.59 Å². The molecular formula is C20H29NO4. The number of carboxylic acids is 1. The fourth-order valence-corrected chi connectivity index (χ4v) is 3.43. The topological polar surface area (TPSA) is 66.8 Å². The van der Waals surface area contributed by atoms with Crippen LogP contribution in [-0.2, 0) is 14.3 Å². The largest absolute Gasteiger partial charge is 0.481 e. The maximum Gasteiger partial charge on any atom is 0.313 e. The van der Waals surface area contributed by atoms with Crippen LogP contribution in [0.4, 0.5) is 0 Å². The first-order valence-electron chi connectivity index (χ1n) is 8.89. The van der Waals surface area contributed by atoms with Gasteiger partial charge in [-0.05, 0) is 29.4 Å². The number of ether oxygens (including phenoxy) is 1. The van der Waals surface area contributed by atoms with E-state index >= 15 is 0 Å². The predicted octanol–water partition coefficient (Wildman–Crippen LogP) is 3.25. The minimum absolute atomic E-state index is 0.0136. The molecule has 1 aromatic carbocycles. The highest BCUT2D eigenvalue weighted by Gasteiger charge is 2.46. The number of nitrogens with zero attached hydrogens (tertiary/aromatic N) is 1. The van der Waals surface area contributed by atoms with Crippen LogP contribution in [0.5, 0.6) is 0 Å². The van der Waals surface area contributed by atoms with Crippen LogP contribution < -0.4 is 0 Å². The summed E-state index contributed by atoms with van der Waals surface area (Å²) in [7, 11) is 1.50. The van der Waals surface area contributed by atoms with Crippen LogP contribution in [0.15, 0.2) is 24.3 Å². The molecule has 2 unspecified atom stereocenters. The number of rotatable bonds is 7. The molecular weight excluding hydrogens is 318 g/mol. The minimum atomic E-state index is -0.966. The van der Waals surface area contributed by atoms with E-state index in [4.69, 9.17) is 4.74 Å². The Kier molecular flexibility index (Phi) is 6.22. The van der Waals surface area contributed by atoms with E-state index in [1.807, 2.05) is 6.92 Å². The summed E-state index contributed by atoms with van der Waals surface area (Å²) in [6.07, 6.45) is 0.836. The van der Waals surface area contributed by atoms with Crippen LogP contribution in [0.1, 0.15) is 56.6 Å². The second-order valence-electron chi connectivity index (χ2n) is 7.51. The van der Waals surface area contributed by atoms with Gasteiger partial charge in [-0.2, -0.15) is 0 Å². The summed E-state index contributed by atoms with van der Waals surface area (Å²) < 4.78 is 5.08. The Morgan fingerprint density at radius 3 is 2.32 bits per heavy atom. The van der Waals surface area contributed by atoms with Gasteiger partial charge in [-0.1, -0.05) is 45.0 Å². The van der Waals surface area contributed by atoms with E-state index in [9.17, 15) is 14.7 Å². The van der Waals surface area contributed by atoms with Crippen LogP contribution in [0.3, 0.4) is 0 Å². The van der Waals surface area contributed by atoms with Gasteiger partial charge >= 0.3 is 5.97 Å². The second-order valence-corrected chi connectivity index (χ2v) is 7.51. The summed E-state index contributed by atoms with van der Waals surface area (Å²) in [6.45, 7) is 7.20. The van der Waals surface area contributed by atoms with Gasteiger partial charge in [0.2, 0.25) is 5.91 Å². The number of hydrogen-bond acceptors (Lipinski definition) is 3. The zero-order valence-electron chi connectivity index (χ0n) is 15.6. The molecule has 1 aromatic rings. The van der Waals surface area contributed by atoms with Crippen LogP contribution in [0.2, 0.25) is 0 Å². The number of likely N-dealkylation sites (tertiary alicyclic amines) is 1. The van der Waals surface area contributed by atoms with Crippen molar-refractivity contribution in [2.24, 2.45) is 5.41 Å². The summed E-state index contributed by atoms with van der Waals surface area (Å²) in [5.74, 6) is -0.280. The smallest absolute Gasteiger partial charge is 0.313 e. The number of methoxy groups -OCH3 is 1. The van der Waals surface area contributed by atoms with Crippen molar-refractivity contribution in [1.29, 1.82) is 0 Å². The average Bonchev–Trinajstić information content (AvgIpc) is 3.01. The first-order valence-corrected chi connectivity index (χ1v) is 8.89. The third kappa shape index (κ3) is 4.40. The lowest BCUT2D eigenvalue weighted by molar-refractivity contribution is -0.151. The van der Waals surface area contributed by atoms with Gasteiger partial charge in [0.1, 0.15) is 5.41 Å². The average molecular weight is 347 g/mol. The first-order chi connectivity index (χ1) is 11.8. The normalized spacial score (nSPS) is 21.6. The fourth-order valence-electron chi connectivity index (χ4n) is 3.43. The van der Waals surface area contributed by atoms with Gasteiger partial charge in [-0.25, -0.2) is 0 Å². The molecule has 1 N–H and O–H groups in total. The molecule has 2 rings (SSSR count). The molecule has 5 nitrogen and oxygen atoms in total. The first kappa shape index (κ1) is 19.4. The van der Waals surface area contributed by atoms with E-state index in [1.54, 1.807) is 4.90 Å². The number of hydrogen-bond donors (Lipinski definition) is 1. The number of carbonyl (C=O) groups excluding carboxylic acids is 1. The SMILES string of the molecule is COCC1(C(=O)O)CCN(C(=O)CC(C)c2ccc(C(C)C)cc2)C1. The van der Waals surface area contributed by atoms with Gasteiger partial charge < -0.3 is 14.7 Å². The monoisotopic (exact) mass is 347 g/mol. The maximum absolute atomic E-state index is 12.6. The van der Waals surface area contributed by atoms with Crippen LogP contribution >= 0.6 is 0 Å². The van der Waals surface area contributed by atoms with Crippen LogP contribution in [0, 0.1) is 5.41 Å². The molecule has 1 saturated heterocycles. The van der Waals surface area contributed by atoms with Crippen molar-refractivity contribution in [3.63, 3.8) is 0 Å². The zero-order chi connectivity index (χ0) is 18.6. The second kappa shape index (κ2) is 8.00. The van der Waals surface area contributed by atoms with E-state index in [0.717, 1.165) is 5.56 Å². The molecule has 0 radical (unpaired) electrons. The molecule has 138 valence electrons. The summed E-state index contributed by atoms with van der Waals surface area (Å²) in [6, 6.07) is 8.41. The van der Waals surface area contributed by atoms with E-state index < -0.39 is 11.4 Å². The summed E-state index contributed by atoms with van der Waals surface area (Å²) >= 11 is 0. The molecule has 0 aromatic heterocycles. The van der Waals surface area contributed by atoms with Crippen molar-refractivity contribution in [2.75, 3.05) is 26.8 Å². The molecule has 1 fully saturated rings. The summed E-state index contributed by atoms with van der Waals surface area (Å²) in [5, 5.41) is 9.51. The Labute approximate surface area is 150 Å². The van der Waals surface area contributed by atoms with Gasteiger partial charge in [-0.15, -0.1) is 0 Å². The van der Waals surface area contributed by atoms with Gasteiger partial charge in [0, 0.05) is 26.6 Å². The maximum atomic E-state index is 12.6. The minimum Gasteiger partial charge on any atom is -0.481 e. The molecule has 2 atom stereocenters. The Bertz CT molecular complexity index is 611. The highest BCUT2D eigenvalue weighted by atomic mass is 16.5. The quantitative estimate of drug-likeness (QED) is 0.822. The van der Waals surface area contributed by atoms with Crippen LogP contribution in [-0.4, -0.2) is 48.7 Å². The molecule has 25 heavy (non-hydrogen) atoms. The Balaban J connectivity index is 1.98. The summed E-state index contributed by atoms with van der Waals surface area (Å²) in [4.78, 5) is 25.9. The molecule has 0 saturated carbocycles. The van der Waals surface area contributed by atoms with Gasteiger partial charge in [0.15, 0.2) is 0 Å². The van der Waals surface area contributed by atoms with E-state index in [1.165, 1.54) is 12.7 Å². The van der Waals surface area contributed by atoms with Crippen LogP contribution in [0.25, 0.3) is 0 Å². The van der Waals surface area contributed by atoms with Crippen molar-refractivity contribution >= 4 is 11.9 Å². The number of carboxylic acid groups (broad SMARTS) is 1. The Morgan fingerprint density at radius 2 is 1.80 bits per heavy atom. The van der Waals surface area contributed by atoms with Crippen molar-refractivity contribution in [3.8, 4) is 0 Å².